The number of ketones is 1. The normalized spacial score (nSPS) is 22.5. The van der Waals surface area contributed by atoms with Crippen LogP contribution in [0, 0.1) is 0 Å². The van der Waals surface area contributed by atoms with Crippen LogP contribution in [0.1, 0.15) is 46.4 Å². The Morgan fingerprint density at radius 2 is 1.95 bits per heavy atom. The molecule has 5 heteroatoms. The number of nitrogens with zero attached hydrogens (tertiary/aromatic N) is 1. The molecular formula is C16H16N2O3. The monoisotopic (exact) mass is 284 g/mol. The Morgan fingerprint density at radius 3 is 2.67 bits per heavy atom. The number of nitrogens with two attached hydrogens (primary N) is 1. The van der Waals surface area contributed by atoms with Crippen LogP contribution in [0.4, 0.5) is 5.69 Å². The molecule has 3 rings (SSSR count). The van der Waals surface area contributed by atoms with Gasteiger partial charge in [-0.25, -0.2) is 0 Å². The average molecular weight is 284 g/mol. The number of fused-ring (bicyclic) bond motifs is 1. The number of benzene rings is 1. The predicted octanol–water partition coefficient (Wildman–Crippen LogP) is 1.93. The zero-order chi connectivity index (χ0) is 15.1. The van der Waals surface area contributed by atoms with Crippen molar-refractivity contribution in [2.75, 3.05) is 5.73 Å². The van der Waals surface area contributed by atoms with Gasteiger partial charge in [0, 0.05) is 12.1 Å². The van der Waals surface area contributed by atoms with Gasteiger partial charge in [0.2, 0.25) is 0 Å². The van der Waals surface area contributed by atoms with Gasteiger partial charge in [0.15, 0.2) is 5.78 Å². The van der Waals surface area contributed by atoms with E-state index in [1.54, 1.807) is 18.2 Å². The van der Waals surface area contributed by atoms with E-state index in [1.165, 1.54) is 0 Å². The highest BCUT2D eigenvalue weighted by molar-refractivity contribution is 6.25. The smallest absolute Gasteiger partial charge is 0.264 e. The lowest BCUT2D eigenvalue weighted by Gasteiger charge is -2.23. The van der Waals surface area contributed by atoms with Gasteiger partial charge in [-0.15, -0.1) is 0 Å². The van der Waals surface area contributed by atoms with Gasteiger partial charge in [0.05, 0.1) is 17.2 Å². The van der Waals surface area contributed by atoms with Crippen molar-refractivity contribution in [2.45, 2.75) is 31.7 Å². The summed E-state index contributed by atoms with van der Waals surface area (Å²) in [5.74, 6) is -1.00. The first-order valence-electron chi connectivity index (χ1n) is 6.96. The van der Waals surface area contributed by atoms with E-state index in [2.05, 4.69) is 6.58 Å². The molecule has 1 heterocycles. The molecule has 1 saturated carbocycles. The van der Waals surface area contributed by atoms with Crippen molar-refractivity contribution < 1.29 is 14.4 Å². The second kappa shape index (κ2) is 4.84. The molecule has 1 atom stereocenters. The summed E-state index contributed by atoms with van der Waals surface area (Å²) in [5, 5.41) is 0. The Balaban J connectivity index is 2.00. The molecule has 0 saturated heterocycles. The summed E-state index contributed by atoms with van der Waals surface area (Å²) in [6.07, 6.45) is 2.22. The molecule has 1 aliphatic heterocycles. The first kappa shape index (κ1) is 13.5. The molecule has 0 aromatic heterocycles. The summed E-state index contributed by atoms with van der Waals surface area (Å²) < 4.78 is 0. The molecule has 21 heavy (non-hydrogen) atoms. The van der Waals surface area contributed by atoms with Crippen molar-refractivity contribution in [1.29, 1.82) is 0 Å². The van der Waals surface area contributed by atoms with Crippen LogP contribution < -0.4 is 5.73 Å². The van der Waals surface area contributed by atoms with Gasteiger partial charge >= 0.3 is 0 Å². The molecule has 0 bridgehead atoms. The number of carbonyl (C=O) groups excluding carboxylic acids is 3. The third-order valence-electron chi connectivity index (χ3n) is 4.09. The van der Waals surface area contributed by atoms with Crippen molar-refractivity contribution in [1.82, 2.24) is 4.90 Å². The molecule has 1 aromatic rings. The number of Topliss-reactive ketones (excluding diaryl/α,β-unsaturated/α-hetero) is 1. The van der Waals surface area contributed by atoms with Crippen LogP contribution in [0.5, 0.6) is 0 Å². The summed E-state index contributed by atoms with van der Waals surface area (Å²) in [4.78, 5) is 38.4. The number of anilines is 1. The van der Waals surface area contributed by atoms with Crippen LogP contribution >= 0.6 is 0 Å². The topological polar surface area (TPSA) is 80.5 Å². The highest BCUT2D eigenvalue weighted by atomic mass is 16.2. The fourth-order valence-electron chi connectivity index (χ4n) is 3.04. The molecule has 0 unspecified atom stereocenters. The zero-order valence-corrected chi connectivity index (χ0v) is 11.6. The number of hydrogen-bond acceptors (Lipinski definition) is 4. The van der Waals surface area contributed by atoms with E-state index in [0.717, 1.165) is 23.3 Å². The Bertz CT molecular complexity index is 678. The second-order valence-corrected chi connectivity index (χ2v) is 5.55. The minimum absolute atomic E-state index is 0.120. The SMILES string of the molecule is C=C1CCC[C@@H](N2C(=O)c3cccc(N)c3C2=O)C(=O)C1. The van der Waals surface area contributed by atoms with Crippen LogP contribution in [-0.4, -0.2) is 28.5 Å². The highest BCUT2D eigenvalue weighted by Gasteiger charge is 2.43. The van der Waals surface area contributed by atoms with Crippen LogP contribution in [0.3, 0.4) is 0 Å². The van der Waals surface area contributed by atoms with E-state index in [4.69, 9.17) is 5.73 Å². The first-order chi connectivity index (χ1) is 10.0. The summed E-state index contributed by atoms with van der Waals surface area (Å²) in [6.45, 7) is 3.85. The molecule has 0 spiro atoms. The Hall–Kier alpha value is -2.43. The minimum atomic E-state index is -0.698. The highest BCUT2D eigenvalue weighted by Crippen LogP contribution is 2.32. The van der Waals surface area contributed by atoms with Gasteiger partial charge in [-0.2, -0.15) is 0 Å². The summed E-state index contributed by atoms with van der Waals surface area (Å²) in [5.41, 5.74) is 7.45. The molecule has 2 N–H and O–H groups in total. The lowest BCUT2D eigenvalue weighted by atomic mass is 10.1. The van der Waals surface area contributed by atoms with E-state index in [1.807, 2.05) is 0 Å². The lowest BCUT2D eigenvalue weighted by molar-refractivity contribution is -0.122. The number of hydrogen-bond donors (Lipinski definition) is 1. The maximum absolute atomic E-state index is 12.5. The number of allylic oxidation sites excluding steroid dienone is 1. The van der Waals surface area contributed by atoms with Crippen molar-refractivity contribution in [3.8, 4) is 0 Å². The molecule has 5 nitrogen and oxygen atoms in total. The van der Waals surface area contributed by atoms with E-state index in [9.17, 15) is 14.4 Å². The largest absolute Gasteiger partial charge is 0.398 e. The molecule has 2 aliphatic rings. The van der Waals surface area contributed by atoms with E-state index in [0.29, 0.717) is 6.42 Å². The summed E-state index contributed by atoms with van der Waals surface area (Å²) in [6, 6.07) is 4.10. The zero-order valence-electron chi connectivity index (χ0n) is 11.6. The van der Waals surface area contributed by atoms with Gasteiger partial charge in [-0.05, 0) is 31.4 Å². The summed E-state index contributed by atoms with van der Waals surface area (Å²) in [7, 11) is 0. The van der Waals surface area contributed by atoms with Crippen molar-refractivity contribution >= 4 is 23.3 Å². The minimum Gasteiger partial charge on any atom is -0.398 e. The fraction of sp³-hybridized carbons (Fsp3) is 0.312. The number of imide groups is 1. The Labute approximate surface area is 122 Å². The molecule has 1 aliphatic carbocycles. The van der Waals surface area contributed by atoms with Gasteiger partial charge in [-0.3, -0.25) is 19.3 Å². The van der Waals surface area contributed by atoms with Gasteiger partial charge < -0.3 is 5.73 Å². The Kier molecular flexibility index (Phi) is 3.12. The molecule has 1 aromatic carbocycles. The third-order valence-corrected chi connectivity index (χ3v) is 4.09. The van der Waals surface area contributed by atoms with Crippen LogP contribution in [0.15, 0.2) is 30.4 Å². The van der Waals surface area contributed by atoms with Gasteiger partial charge in [0.1, 0.15) is 0 Å². The number of carbonyl (C=O) groups is 3. The number of amides is 2. The summed E-state index contributed by atoms with van der Waals surface area (Å²) >= 11 is 0. The van der Waals surface area contributed by atoms with Gasteiger partial charge in [0.25, 0.3) is 11.8 Å². The standard InChI is InChI=1S/C16H16N2O3/c1-9-4-2-7-12(13(19)8-9)18-15(20)10-5-3-6-11(17)14(10)16(18)21/h3,5-6,12H,1-2,4,7-8,17H2/t12-/m1/s1. The van der Waals surface area contributed by atoms with Crippen LogP contribution in [0.2, 0.25) is 0 Å². The van der Waals surface area contributed by atoms with E-state index >= 15 is 0 Å². The number of nitrogen functional groups attached to an aromatic ring is 1. The predicted molar refractivity (Wildman–Crippen MR) is 77.8 cm³/mol. The molecule has 0 radical (unpaired) electrons. The fourth-order valence-corrected chi connectivity index (χ4v) is 3.04. The lowest BCUT2D eigenvalue weighted by Crippen LogP contribution is -2.44. The van der Waals surface area contributed by atoms with Crippen LogP contribution in [0.25, 0.3) is 0 Å². The maximum atomic E-state index is 12.5. The molecule has 1 fully saturated rings. The van der Waals surface area contributed by atoms with Crippen LogP contribution in [-0.2, 0) is 4.79 Å². The second-order valence-electron chi connectivity index (χ2n) is 5.55. The quantitative estimate of drug-likeness (QED) is 0.370. The van der Waals surface area contributed by atoms with Crippen molar-refractivity contribution in [2.24, 2.45) is 0 Å². The first-order valence-corrected chi connectivity index (χ1v) is 6.96. The van der Waals surface area contributed by atoms with E-state index < -0.39 is 17.9 Å². The average Bonchev–Trinajstić information content (AvgIpc) is 2.57. The molecule has 2 amide bonds. The van der Waals surface area contributed by atoms with Crippen molar-refractivity contribution in [3.63, 3.8) is 0 Å². The van der Waals surface area contributed by atoms with E-state index in [-0.39, 0.29) is 29.0 Å². The maximum Gasteiger partial charge on any atom is 0.264 e. The third kappa shape index (κ3) is 2.05. The molecular weight excluding hydrogens is 268 g/mol. The van der Waals surface area contributed by atoms with Gasteiger partial charge in [-0.1, -0.05) is 18.2 Å². The Morgan fingerprint density at radius 1 is 1.19 bits per heavy atom. The van der Waals surface area contributed by atoms with Crippen molar-refractivity contribution in [3.05, 3.63) is 41.5 Å². The molecule has 108 valence electrons. The number of rotatable bonds is 1.